The fourth-order valence-electron chi connectivity index (χ4n) is 4.94. The Balaban J connectivity index is 1.81. The Morgan fingerprint density at radius 3 is 2.65 bits per heavy atom. The lowest BCUT2D eigenvalue weighted by molar-refractivity contribution is -0.0512. The molecule has 1 saturated heterocycles. The van der Waals surface area contributed by atoms with E-state index in [0.717, 1.165) is 12.8 Å². The number of rotatable bonds is 5. The van der Waals surface area contributed by atoms with Gasteiger partial charge >= 0.3 is 0 Å². The predicted molar refractivity (Wildman–Crippen MR) is 75.3 cm³/mol. The van der Waals surface area contributed by atoms with Crippen LogP contribution in [0.1, 0.15) is 40.0 Å². The molecule has 0 amide bonds. The van der Waals surface area contributed by atoms with Crippen LogP contribution < -0.4 is 0 Å². The minimum atomic E-state index is -0.601. The quantitative estimate of drug-likeness (QED) is 0.594. The van der Waals surface area contributed by atoms with Crippen LogP contribution in [-0.4, -0.2) is 47.3 Å². The van der Waals surface area contributed by atoms with Crippen LogP contribution in [0.3, 0.4) is 0 Å². The van der Waals surface area contributed by atoms with Crippen LogP contribution >= 0.6 is 0 Å². The largest absolute Gasteiger partial charge is 0.396 e. The van der Waals surface area contributed by atoms with E-state index in [0.29, 0.717) is 6.42 Å². The number of hydrogen-bond acceptors (Lipinski definition) is 4. The molecule has 0 unspecified atom stereocenters. The van der Waals surface area contributed by atoms with Gasteiger partial charge < -0.3 is 19.7 Å². The van der Waals surface area contributed by atoms with E-state index in [2.05, 4.69) is 26.8 Å². The predicted octanol–water partition coefficient (Wildman–Crippen LogP) is 1.65. The highest BCUT2D eigenvalue weighted by Crippen LogP contribution is 2.79. The zero-order chi connectivity index (χ0) is 14.8. The Labute approximate surface area is 120 Å². The van der Waals surface area contributed by atoms with Gasteiger partial charge in [-0.05, 0) is 40.0 Å². The lowest BCUT2D eigenvalue weighted by Gasteiger charge is -2.21. The minimum Gasteiger partial charge on any atom is -0.396 e. The Bertz CT molecular complexity index is 444. The third-order valence-electron chi connectivity index (χ3n) is 5.95. The fraction of sp³-hybridized carbons (Fsp3) is 0.875. The summed E-state index contributed by atoms with van der Waals surface area (Å²) < 4.78 is 11.7. The number of aliphatic hydroxyl groups excluding tert-OH is 2. The van der Waals surface area contributed by atoms with Crippen LogP contribution in [0.15, 0.2) is 11.6 Å². The Morgan fingerprint density at radius 1 is 1.45 bits per heavy atom. The molecule has 0 bridgehead atoms. The van der Waals surface area contributed by atoms with Gasteiger partial charge in [-0.2, -0.15) is 0 Å². The van der Waals surface area contributed by atoms with Crippen LogP contribution in [0.25, 0.3) is 0 Å². The van der Waals surface area contributed by atoms with E-state index in [1.807, 2.05) is 0 Å². The highest BCUT2D eigenvalue weighted by Gasteiger charge is 2.90. The van der Waals surface area contributed by atoms with E-state index in [-0.39, 0.29) is 29.6 Å². The summed E-state index contributed by atoms with van der Waals surface area (Å²) in [6.07, 6.45) is 4.30. The zero-order valence-electron chi connectivity index (χ0n) is 12.8. The topological polar surface area (TPSA) is 62.2 Å². The van der Waals surface area contributed by atoms with Crippen molar-refractivity contribution >= 4 is 0 Å². The number of methoxy groups -OCH3 is 1. The third kappa shape index (κ3) is 1.51. The maximum absolute atomic E-state index is 10.3. The molecule has 4 heteroatoms. The molecule has 3 fully saturated rings. The molecule has 3 rings (SSSR count). The van der Waals surface area contributed by atoms with Gasteiger partial charge in [-0.15, -0.1) is 0 Å². The van der Waals surface area contributed by atoms with Crippen LogP contribution in [0.5, 0.6) is 0 Å². The second-order valence-corrected chi connectivity index (χ2v) is 7.11. The van der Waals surface area contributed by atoms with Crippen molar-refractivity contribution in [3.8, 4) is 0 Å². The molecule has 114 valence electrons. The van der Waals surface area contributed by atoms with Crippen LogP contribution in [-0.2, 0) is 9.47 Å². The first-order valence-electron chi connectivity index (χ1n) is 7.54. The number of epoxide rings is 1. The zero-order valence-corrected chi connectivity index (χ0v) is 12.8. The molecule has 3 aliphatic rings. The summed E-state index contributed by atoms with van der Waals surface area (Å²) >= 11 is 0. The molecule has 2 N–H and O–H groups in total. The van der Waals surface area contributed by atoms with E-state index in [4.69, 9.17) is 9.47 Å². The van der Waals surface area contributed by atoms with Crippen molar-refractivity contribution in [3.63, 3.8) is 0 Å². The van der Waals surface area contributed by atoms with E-state index in [1.165, 1.54) is 5.57 Å². The molecule has 1 heterocycles. The Hall–Kier alpha value is -0.420. The summed E-state index contributed by atoms with van der Waals surface area (Å²) in [5.74, 6) is 0.0943. The average molecular weight is 282 g/mol. The summed E-state index contributed by atoms with van der Waals surface area (Å²) in [6, 6.07) is 0. The summed E-state index contributed by atoms with van der Waals surface area (Å²) in [5.41, 5.74) is 0.106. The summed E-state index contributed by atoms with van der Waals surface area (Å²) in [5, 5.41) is 20.2. The molecular formula is C16H26O4. The van der Waals surface area contributed by atoms with Crippen molar-refractivity contribution in [1.29, 1.82) is 0 Å². The van der Waals surface area contributed by atoms with Crippen LogP contribution in [0, 0.1) is 11.3 Å². The fourth-order valence-corrected chi connectivity index (χ4v) is 4.94. The van der Waals surface area contributed by atoms with Gasteiger partial charge in [-0.3, -0.25) is 0 Å². The Kier molecular flexibility index (Phi) is 3.11. The number of aliphatic hydroxyl groups is 2. The second kappa shape index (κ2) is 4.29. The SMILES string of the molecule is CO[C@]12[C@H](O)CC[C@@]1(CO)[C@H]2[C@@]1(C)O[C@@H]1CC=C(C)C. The molecule has 20 heavy (non-hydrogen) atoms. The van der Waals surface area contributed by atoms with Crippen LogP contribution in [0.4, 0.5) is 0 Å². The van der Waals surface area contributed by atoms with E-state index in [9.17, 15) is 10.2 Å². The number of ether oxygens (including phenoxy) is 2. The summed E-state index contributed by atoms with van der Waals surface area (Å²) in [6.45, 7) is 6.34. The monoisotopic (exact) mass is 282 g/mol. The molecule has 4 nitrogen and oxygen atoms in total. The smallest absolute Gasteiger partial charge is 0.108 e. The molecule has 1 aliphatic heterocycles. The molecule has 0 radical (unpaired) electrons. The first kappa shape index (κ1) is 14.5. The van der Waals surface area contributed by atoms with Crippen molar-refractivity contribution in [1.82, 2.24) is 0 Å². The van der Waals surface area contributed by atoms with E-state index < -0.39 is 11.7 Å². The lowest BCUT2D eigenvalue weighted by atomic mass is 9.88. The first-order valence-corrected chi connectivity index (χ1v) is 7.54. The van der Waals surface area contributed by atoms with Gasteiger partial charge in [0.25, 0.3) is 0 Å². The first-order chi connectivity index (χ1) is 9.39. The van der Waals surface area contributed by atoms with Gasteiger partial charge in [0, 0.05) is 18.4 Å². The molecule has 2 aliphatic carbocycles. The van der Waals surface area contributed by atoms with Gasteiger partial charge in [0.05, 0.1) is 24.4 Å². The van der Waals surface area contributed by atoms with E-state index in [1.54, 1.807) is 7.11 Å². The third-order valence-corrected chi connectivity index (χ3v) is 5.95. The van der Waals surface area contributed by atoms with Crippen molar-refractivity contribution in [2.45, 2.75) is 63.4 Å². The highest BCUT2D eigenvalue weighted by molar-refractivity contribution is 5.38. The molecule has 0 aromatic rings. The van der Waals surface area contributed by atoms with Gasteiger partial charge in [-0.25, -0.2) is 0 Å². The second-order valence-electron chi connectivity index (χ2n) is 7.11. The highest BCUT2D eigenvalue weighted by atomic mass is 16.6. The van der Waals surface area contributed by atoms with E-state index >= 15 is 0 Å². The Morgan fingerprint density at radius 2 is 2.15 bits per heavy atom. The minimum absolute atomic E-state index is 0.0664. The molecule has 2 saturated carbocycles. The molecule has 0 aromatic carbocycles. The average Bonchev–Trinajstić information content (AvgIpc) is 3.22. The normalized spacial score (nSPS) is 52.6. The summed E-state index contributed by atoms with van der Waals surface area (Å²) in [4.78, 5) is 0. The number of hydrogen-bond donors (Lipinski definition) is 2. The lowest BCUT2D eigenvalue weighted by Crippen LogP contribution is -2.35. The number of fused-ring (bicyclic) bond motifs is 1. The van der Waals surface area contributed by atoms with Crippen LogP contribution in [0.2, 0.25) is 0 Å². The molecular weight excluding hydrogens is 256 g/mol. The van der Waals surface area contributed by atoms with Gasteiger partial charge in [-0.1, -0.05) is 11.6 Å². The van der Waals surface area contributed by atoms with Gasteiger partial charge in [0.15, 0.2) is 0 Å². The van der Waals surface area contributed by atoms with Crippen molar-refractivity contribution in [2.24, 2.45) is 11.3 Å². The maximum atomic E-state index is 10.3. The molecule has 0 aromatic heterocycles. The van der Waals surface area contributed by atoms with Crippen molar-refractivity contribution in [3.05, 3.63) is 11.6 Å². The van der Waals surface area contributed by atoms with Gasteiger partial charge in [0.1, 0.15) is 5.60 Å². The van der Waals surface area contributed by atoms with Crippen molar-refractivity contribution in [2.75, 3.05) is 13.7 Å². The molecule has 0 spiro atoms. The molecule has 6 atom stereocenters. The summed E-state index contributed by atoms with van der Waals surface area (Å²) in [7, 11) is 1.65. The maximum Gasteiger partial charge on any atom is 0.108 e. The standard InChI is InChI=1S/C16H26O4/c1-10(2)5-6-12-14(3,20-12)13-15(9-17)8-7-11(18)16(13,15)19-4/h5,11-13,17-18H,6-9H2,1-4H3/t11-,12-,13-,14+,15-,16+/m1/s1. The van der Waals surface area contributed by atoms with Gasteiger partial charge in [0.2, 0.25) is 0 Å². The number of allylic oxidation sites excluding steroid dienone is 1. The van der Waals surface area contributed by atoms with Crippen molar-refractivity contribution < 1.29 is 19.7 Å².